The molecular weight excluding hydrogens is 256 g/mol. The second-order valence-corrected chi connectivity index (χ2v) is 5.09. The standard InChI is InChI=1S/C12H18N2OS.ClH/c15-12(8-13-7-10-1-2-10)14-5-3-11-4-6-16-9-11;/h4,6,9-10,13H,1-3,5,7-8H2,(H,14,15);1H. The number of hydrogen-bond acceptors (Lipinski definition) is 3. The summed E-state index contributed by atoms with van der Waals surface area (Å²) in [4.78, 5) is 11.4. The van der Waals surface area contributed by atoms with Crippen molar-refractivity contribution in [1.29, 1.82) is 0 Å². The lowest BCUT2D eigenvalue weighted by molar-refractivity contribution is -0.120. The monoisotopic (exact) mass is 274 g/mol. The first-order valence-corrected chi connectivity index (χ1v) is 6.77. The number of amides is 1. The molecule has 0 atom stereocenters. The Morgan fingerprint density at radius 3 is 2.94 bits per heavy atom. The van der Waals surface area contributed by atoms with Crippen LogP contribution in [-0.4, -0.2) is 25.5 Å². The van der Waals surface area contributed by atoms with Gasteiger partial charge in [-0.3, -0.25) is 4.79 Å². The van der Waals surface area contributed by atoms with Crippen LogP contribution in [0.5, 0.6) is 0 Å². The highest BCUT2D eigenvalue weighted by Crippen LogP contribution is 2.27. The summed E-state index contributed by atoms with van der Waals surface area (Å²) in [5.74, 6) is 0.939. The van der Waals surface area contributed by atoms with Gasteiger partial charge < -0.3 is 10.6 Å². The van der Waals surface area contributed by atoms with E-state index in [2.05, 4.69) is 27.5 Å². The van der Waals surface area contributed by atoms with Gasteiger partial charge in [0.2, 0.25) is 5.91 Å². The van der Waals surface area contributed by atoms with Crippen LogP contribution in [0.4, 0.5) is 0 Å². The Morgan fingerprint density at radius 1 is 1.47 bits per heavy atom. The predicted octanol–water partition coefficient (Wildman–Crippen LogP) is 1.83. The van der Waals surface area contributed by atoms with Gasteiger partial charge in [0.1, 0.15) is 0 Å². The van der Waals surface area contributed by atoms with E-state index in [4.69, 9.17) is 0 Å². The van der Waals surface area contributed by atoms with Crippen molar-refractivity contribution in [3.63, 3.8) is 0 Å². The van der Waals surface area contributed by atoms with Crippen molar-refractivity contribution in [2.45, 2.75) is 19.3 Å². The fourth-order valence-corrected chi connectivity index (χ4v) is 2.26. The van der Waals surface area contributed by atoms with Crippen LogP contribution in [0.2, 0.25) is 0 Å². The maximum atomic E-state index is 11.4. The zero-order valence-electron chi connectivity index (χ0n) is 9.78. The molecule has 0 unspecified atom stereocenters. The van der Waals surface area contributed by atoms with Crippen LogP contribution in [0.3, 0.4) is 0 Å². The molecule has 1 aliphatic rings. The summed E-state index contributed by atoms with van der Waals surface area (Å²) in [7, 11) is 0. The van der Waals surface area contributed by atoms with Gasteiger partial charge in [0.05, 0.1) is 6.54 Å². The van der Waals surface area contributed by atoms with Gasteiger partial charge >= 0.3 is 0 Å². The lowest BCUT2D eigenvalue weighted by atomic mass is 10.2. The van der Waals surface area contributed by atoms with E-state index in [1.165, 1.54) is 18.4 Å². The molecule has 5 heteroatoms. The van der Waals surface area contributed by atoms with E-state index >= 15 is 0 Å². The Balaban J connectivity index is 0.00000144. The molecule has 0 bridgehead atoms. The van der Waals surface area contributed by atoms with Gasteiger partial charge in [-0.25, -0.2) is 0 Å². The Kier molecular flexibility index (Phi) is 6.55. The van der Waals surface area contributed by atoms with Crippen molar-refractivity contribution in [3.05, 3.63) is 22.4 Å². The first-order chi connectivity index (χ1) is 7.84. The highest BCUT2D eigenvalue weighted by molar-refractivity contribution is 7.07. The highest BCUT2D eigenvalue weighted by Gasteiger charge is 2.20. The molecular formula is C12H19ClN2OS. The average molecular weight is 275 g/mol. The predicted molar refractivity (Wildman–Crippen MR) is 73.9 cm³/mol. The largest absolute Gasteiger partial charge is 0.355 e. The Morgan fingerprint density at radius 2 is 2.29 bits per heavy atom. The minimum absolute atomic E-state index is 0. The lowest BCUT2D eigenvalue weighted by Crippen LogP contribution is -2.35. The van der Waals surface area contributed by atoms with Gasteiger partial charge in [-0.15, -0.1) is 12.4 Å². The van der Waals surface area contributed by atoms with Crippen molar-refractivity contribution >= 4 is 29.7 Å². The topological polar surface area (TPSA) is 41.1 Å². The summed E-state index contributed by atoms with van der Waals surface area (Å²) < 4.78 is 0. The number of hydrogen-bond donors (Lipinski definition) is 2. The van der Waals surface area contributed by atoms with E-state index in [1.54, 1.807) is 11.3 Å². The summed E-state index contributed by atoms with van der Waals surface area (Å²) in [5, 5.41) is 10.3. The minimum Gasteiger partial charge on any atom is -0.355 e. The number of carbonyl (C=O) groups excluding carboxylic acids is 1. The fraction of sp³-hybridized carbons (Fsp3) is 0.583. The maximum absolute atomic E-state index is 11.4. The highest BCUT2D eigenvalue weighted by atomic mass is 35.5. The van der Waals surface area contributed by atoms with E-state index in [-0.39, 0.29) is 18.3 Å². The molecule has 2 rings (SSSR count). The van der Waals surface area contributed by atoms with Crippen molar-refractivity contribution in [2.24, 2.45) is 5.92 Å². The third-order valence-corrected chi connectivity index (χ3v) is 3.46. The van der Waals surface area contributed by atoms with Gasteiger partial charge in [0.15, 0.2) is 0 Å². The molecule has 1 aliphatic carbocycles. The van der Waals surface area contributed by atoms with Crippen molar-refractivity contribution < 1.29 is 4.79 Å². The molecule has 0 spiro atoms. The van der Waals surface area contributed by atoms with Crippen LogP contribution < -0.4 is 10.6 Å². The van der Waals surface area contributed by atoms with Crippen LogP contribution in [0.25, 0.3) is 0 Å². The zero-order valence-corrected chi connectivity index (χ0v) is 11.4. The summed E-state index contributed by atoms with van der Waals surface area (Å²) in [6, 6.07) is 2.10. The van der Waals surface area contributed by atoms with E-state index in [0.717, 1.165) is 25.4 Å². The molecule has 3 nitrogen and oxygen atoms in total. The van der Waals surface area contributed by atoms with Gasteiger partial charge in [-0.1, -0.05) is 0 Å². The molecule has 0 saturated heterocycles. The minimum atomic E-state index is 0. The normalized spacial score (nSPS) is 14.1. The SMILES string of the molecule is Cl.O=C(CNCC1CC1)NCCc1ccsc1. The van der Waals surface area contributed by atoms with Gasteiger partial charge in [0.25, 0.3) is 0 Å². The Bertz CT molecular complexity index is 325. The average Bonchev–Trinajstić information content (AvgIpc) is 2.94. The Hall–Kier alpha value is -0.580. The van der Waals surface area contributed by atoms with Crippen molar-refractivity contribution in [1.82, 2.24) is 10.6 Å². The summed E-state index contributed by atoms with van der Waals surface area (Å²) in [6.45, 7) is 2.19. The van der Waals surface area contributed by atoms with Crippen LogP contribution in [0.15, 0.2) is 16.8 Å². The number of rotatable bonds is 7. The van der Waals surface area contributed by atoms with Crippen molar-refractivity contribution in [3.8, 4) is 0 Å². The molecule has 0 aromatic carbocycles. The Labute approximate surface area is 112 Å². The molecule has 1 heterocycles. The quantitative estimate of drug-likeness (QED) is 0.797. The van der Waals surface area contributed by atoms with Crippen molar-refractivity contribution in [2.75, 3.05) is 19.6 Å². The molecule has 1 saturated carbocycles. The molecule has 1 amide bonds. The zero-order chi connectivity index (χ0) is 11.2. The molecule has 2 N–H and O–H groups in total. The third kappa shape index (κ3) is 6.05. The first-order valence-electron chi connectivity index (χ1n) is 5.83. The molecule has 1 aromatic heterocycles. The molecule has 1 fully saturated rings. The van der Waals surface area contributed by atoms with E-state index < -0.39 is 0 Å². The summed E-state index contributed by atoms with van der Waals surface area (Å²) in [5.41, 5.74) is 1.30. The first kappa shape index (κ1) is 14.5. The lowest BCUT2D eigenvalue weighted by Gasteiger charge is -2.05. The van der Waals surface area contributed by atoms with Gasteiger partial charge in [-0.2, -0.15) is 11.3 Å². The number of carbonyl (C=O) groups is 1. The second kappa shape index (κ2) is 7.69. The maximum Gasteiger partial charge on any atom is 0.233 e. The van der Waals surface area contributed by atoms with Crippen LogP contribution in [0.1, 0.15) is 18.4 Å². The molecule has 17 heavy (non-hydrogen) atoms. The number of halogens is 1. The van der Waals surface area contributed by atoms with Crippen LogP contribution >= 0.6 is 23.7 Å². The third-order valence-electron chi connectivity index (χ3n) is 2.73. The van der Waals surface area contributed by atoms with Gasteiger partial charge in [-0.05, 0) is 54.1 Å². The second-order valence-electron chi connectivity index (χ2n) is 4.31. The van der Waals surface area contributed by atoms with Crippen LogP contribution in [0, 0.1) is 5.92 Å². The van der Waals surface area contributed by atoms with E-state index in [0.29, 0.717) is 6.54 Å². The van der Waals surface area contributed by atoms with Gasteiger partial charge in [0, 0.05) is 6.54 Å². The summed E-state index contributed by atoms with van der Waals surface area (Å²) in [6.07, 6.45) is 3.58. The number of thiophene rings is 1. The van der Waals surface area contributed by atoms with E-state index in [9.17, 15) is 4.79 Å². The van der Waals surface area contributed by atoms with Crippen LogP contribution in [-0.2, 0) is 11.2 Å². The molecule has 0 radical (unpaired) electrons. The molecule has 0 aliphatic heterocycles. The molecule has 1 aromatic rings. The molecule has 96 valence electrons. The number of nitrogens with one attached hydrogen (secondary N) is 2. The smallest absolute Gasteiger partial charge is 0.233 e. The summed E-state index contributed by atoms with van der Waals surface area (Å²) >= 11 is 1.70. The fourth-order valence-electron chi connectivity index (χ4n) is 1.56. The van der Waals surface area contributed by atoms with E-state index in [1.807, 2.05) is 0 Å².